The fraction of sp³-hybridized carbons (Fsp3) is 0.625. The van der Waals surface area contributed by atoms with Gasteiger partial charge in [-0.05, 0) is 60.9 Å². The second kappa shape index (κ2) is 6.18. The van der Waals surface area contributed by atoms with Gasteiger partial charge in [-0.25, -0.2) is 0 Å². The maximum absolute atomic E-state index is 12.8. The van der Waals surface area contributed by atoms with Crippen molar-refractivity contribution in [1.29, 1.82) is 0 Å². The molecule has 1 heterocycles. The summed E-state index contributed by atoms with van der Waals surface area (Å²) in [6.07, 6.45) is 4.96. The molecule has 0 bridgehead atoms. The van der Waals surface area contributed by atoms with E-state index in [-0.39, 0.29) is 17.7 Å². The van der Waals surface area contributed by atoms with Gasteiger partial charge in [0.15, 0.2) is 0 Å². The number of amides is 1. The molecule has 2 saturated carbocycles. The van der Waals surface area contributed by atoms with Crippen molar-refractivity contribution in [2.75, 3.05) is 0 Å². The molecule has 0 aromatic carbocycles. The molecular formula is C16H21NO3S. The van der Waals surface area contributed by atoms with Crippen molar-refractivity contribution in [3.8, 4) is 0 Å². The topological polar surface area (TPSA) is 57.6 Å². The minimum absolute atomic E-state index is 0.0276. The molecule has 5 heteroatoms. The minimum Gasteiger partial charge on any atom is -0.481 e. The van der Waals surface area contributed by atoms with Gasteiger partial charge in [0.2, 0.25) is 5.91 Å². The Morgan fingerprint density at radius 1 is 1.14 bits per heavy atom. The van der Waals surface area contributed by atoms with Gasteiger partial charge in [-0.1, -0.05) is 0 Å². The van der Waals surface area contributed by atoms with Crippen molar-refractivity contribution < 1.29 is 14.7 Å². The lowest BCUT2D eigenvalue weighted by atomic mass is 9.81. The molecule has 21 heavy (non-hydrogen) atoms. The maximum Gasteiger partial charge on any atom is 0.306 e. The van der Waals surface area contributed by atoms with Gasteiger partial charge in [0, 0.05) is 18.5 Å². The summed E-state index contributed by atoms with van der Waals surface area (Å²) in [5, 5.41) is 13.2. The van der Waals surface area contributed by atoms with Gasteiger partial charge in [0.05, 0.1) is 5.92 Å². The van der Waals surface area contributed by atoms with Crippen LogP contribution in [0.4, 0.5) is 0 Å². The average Bonchev–Trinajstić information content (AvgIpc) is 3.20. The normalized spacial score (nSPS) is 25.5. The van der Waals surface area contributed by atoms with Gasteiger partial charge >= 0.3 is 5.97 Å². The third-order valence-corrected chi connectivity index (χ3v) is 5.36. The zero-order valence-electron chi connectivity index (χ0n) is 12.0. The minimum atomic E-state index is -0.710. The lowest BCUT2D eigenvalue weighted by Gasteiger charge is -2.31. The summed E-state index contributed by atoms with van der Waals surface area (Å²) in [6.45, 7) is 0.714. The van der Waals surface area contributed by atoms with Crippen LogP contribution in [-0.2, 0) is 16.1 Å². The summed E-state index contributed by atoms with van der Waals surface area (Å²) in [7, 11) is 0. The van der Waals surface area contributed by atoms with Crippen molar-refractivity contribution >= 4 is 23.2 Å². The van der Waals surface area contributed by atoms with Gasteiger partial charge in [0.1, 0.15) is 0 Å². The number of hydrogen-bond donors (Lipinski definition) is 1. The van der Waals surface area contributed by atoms with E-state index in [1.54, 1.807) is 11.3 Å². The van der Waals surface area contributed by atoms with Crippen molar-refractivity contribution in [3.63, 3.8) is 0 Å². The van der Waals surface area contributed by atoms with Gasteiger partial charge in [-0.3, -0.25) is 9.59 Å². The molecule has 1 N–H and O–H groups in total. The number of carbonyl (C=O) groups excluding carboxylic acids is 1. The standard InChI is InChI=1S/C16H21NO3S/c18-15(12-1-3-13(4-2-12)16(19)20)17(14-5-6-14)9-11-7-8-21-10-11/h7-8,10,12-14H,1-6,9H2,(H,19,20). The summed E-state index contributed by atoms with van der Waals surface area (Å²) in [5.74, 6) is -0.689. The van der Waals surface area contributed by atoms with Crippen LogP contribution in [0.25, 0.3) is 0 Å². The Morgan fingerprint density at radius 3 is 2.33 bits per heavy atom. The van der Waals surface area contributed by atoms with Crippen LogP contribution in [0.15, 0.2) is 16.8 Å². The molecule has 0 aliphatic heterocycles. The number of aliphatic carboxylic acids is 1. The quantitative estimate of drug-likeness (QED) is 0.909. The van der Waals surface area contributed by atoms with Crippen LogP contribution in [0.3, 0.4) is 0 Å². The molecule has 1 aromatic heterocycles. The third-order valence-electron chi connectivity index (χ3n) is 4.63. The van der Waals surface area contributed by atoms with Gasteiger partial charge in [0.25, 0.3) is 0 Å². The Bertz CT molecular complexity index is 502. The summed E-state index contributed by atoms with van der Waals surface area (Å²) < 4.78 is 0. The van der Waals surface area contributed by atoms with E-state index in [1.165, 1.54) is 5.56 Å². The Kier molecular flexibility index (Phi) is 4.29. The lowest BCUT2D eigenvalue weighted by molar-refractivity contribution is -0.146. The number of carboxylic acids is 1. The zero-order valence-corrected chi connectivity index (χ0v) is 12.8. The van der Waals surface area contributed by atoms with Crippen molar-refractivity contribution in [2.24, 2.45) is 11.8 Å². The monoisotopic (exact) mass is 307 g/mol. The predicted molar refractivity (Wildman–Crippen MR) is 81.0 cm³/mol. The molecule has 0 atom stereocenters. The van der Waals surface area contributed by atoms with Crippen LogP contribution in [-0.4, -0.2) is 27.9 Å². The van der Waals surface area contributed by atoms with E-state index in [2.05, 4.69) is 11.4 Å². The molecule has 2 aliphatic carbocycles. The molecule has 114 valence electrons. The molecular weight excluding hydrogens is 286 g/mol. The molecule has 1 amide bonds. The first kappa shape index (κ1) is 14.6. The summed E-state index contributed by atoms with van der Waals surface area (Å²) in [4.78, 5) is 25.8. The highest BCUT2D eigenvalue weighted by Crippen LogP contribution is 2.35. The fourth-order valence-corrected chi connectivity index (χ4v) is 3.83. The van der Waals surface area contributed by atoms with Crippen molar-refractivity contribution in [1.82, 2.24) is 4.90 Å². The van der Waals surface area contributed by atoms with Crippen LogP contribution < -0.4 is 0 Å². The molecule has 0 radical (unpaired) electrons. The number of rotatable bonds is 5. The second-order valence-corrected chi connectivity index (χ2v) is 7.00. The fourth-order valence-electron chi connectivity index (χ4n) is 3.17. The summed E-state index contributed by atoms with van der Waals surface area (Å²) in [6, 6.07) is 2.49. The summed E-state index contributed by atoms with van der Waals surface area (Å²) >= 11 is 1.66. The Balaban J connectivity index is 1.61. The van der Waals surface area contributed by atoms with Crippen LogP contribution in [0, 0.1) is 11.8 Å². The van der Waals surface area contributed by atoms with Gasteiger partial charge in [-0.2, -0.15) is 11.3 Å². The smallest absolute Gasteiger partial charge is 0.306 e. The molecule has 3 rings (SSSR count). The van der Waals surface area contributed by atoms with E-state index >= 15 is 0 Å². The number of carbonyl (C=O) groups is 2. The number of hydrogen-bond acceptors (Lipinski definition) is 3. The van der Waals surface area contributed by atoms with Crippen LogP contribution in [0.5, 0.6) is 0 Å². The van der Waals surface area contributed by atoms with E-state index in [4.69, 9.17) is 5.11 Å². The lowest BCUT2D eigenvalue weighted by Crippen LogP contribution is -2.39. The highest BCUT2D eigenvalue weighted by molar-refractivity contribution is 7.07. The van der Waals surface area contributed by atoms with Crippen LogP contribution in [0.1, 0.15) is 44.1 Å². The summed E-state index contributed by atoms with van der Waals surface area (Å²) in [5.41, 5.74) is 1.21. The Labute approximate surface area is 128 Å². The molecule has 0 unspecified atom stereocenters. The van der Waals surface area contributed by atoms with Crippen LogP contribution in [0.2, 0.25) is 0 Å². The van der Waals surface area contributed by atoms with Gasteiger partial charge in [-0.15, -0.1) is 0 Å². The van der Waals surface area contributed by atoms with Crippen molar-refractivity contribution in [2.45, 2.75) is 51.1 Å². The van der Waals surface area contributed by atoms with E-state index in [1.807, 2.05) is 10.3 Å². The average molecular weight is 307 g/mol. The third kappa shape index (κ3) is 3.46. The first-order valence-electron chi connectivity index (χ1n) is 7.69. The molecule has 4 nitrogen and oxygen atoms in total. The van der Waals surface area contributed by atoms with Crippen molar-refractivity contribution in [3.05, 3.63) is 22.4 Å². The molecule has 0 spiro atoms. The SMILES string of the molecule is O=C(O)C1CCC(C(=O)N(Cc2ccsc2)C2CC2)CC1. The van der Waals surface area contributed by atoms with E-state index < -0.39 is 5.97 Å². The number of carboxylic acid groups (broad SMARTS) is 1. The maximum atomic E-state index is 12.8. The number of thiophene rings is 1. The first-order chi connectivity index (χ1) is 10.1. The zero-order chi connectivity index (χ0) is 14.8. The highest BCUT2D eigenvalue weighted by Gasteiger charge is 2.38. The van der Waals surface area contributed by atoms with Gasteiger partial charge < -0.3 is 10.0 Å². The highest BCUT2D eigenvalue weighted by atomic mass is 32.1. The number of nitrogens with zero attached hydrogens (tertiary/aromatic N) is 1. The van der Waals surface area contributed by atoms with E-state index in [0.717, 1.165) is 25.7 Å². The Hall–Kier alpha value is -1.36. The van der Waals surface area contributed by atoms with Crippen LogP contribution >= 0.6 is 11.3 Å². The molecule has 2 aliphatic rings. The molecule has 1 aromatic rings. The predicted octanol–water partition coefficient (Wildman–Crippen LogP) is 3.13. The molecule has 0 saturated heterocycles. The van der Waals surface area contributed by atoms with E-state index in [0.29, 0.717) is 25.4 Å². The largest absolute Gasteiger partial charge is 0.481 e. The first-order valence-corrected chi connectivity index (χ1v) is 8.64. The second-order valence-electron chi connectivity index (χ2n) is 6.22. The Morgan fingerprint density at radius 2 is 1.81 bits per heavy atom. The van der Waals surface area contributed by atoms with E-state index in [9.17, 15) is 9.59 Å². The molecule has 2 fully saturated rings.